The second-order valence-corrected chi connectivity index (χ2v) is 6.59. The van der Waals surface area contributed by atoms with E-state index in [9.17, 15) is 4.79 Å². The zero-order valence-electron chi connectivity index (χ0n) is 12.1. The summed E-state index contributed by atoms with van der Waals surface area (Å²) in [6, 6.07) is -0.279. The number of ketones is 1. The molecule has 1 aliphatic heterocycles. The van der Waals surface area contributed by atoms with Gasteiger partial charge in [0.25, 0.3) is 0 Å². The molecular weight excluding hydrogens is 324 g/mol. The minimum absolute atomic E-state index is 0.00867. The number of nitrogens with zero attached hydrogens (tertiary/aromatic N) is 3. The van der Waals surface area contributed by atoms with Crippen molar-refractivity contribution >= 4 is 21.7 Å². The molecule has 2 heterocycles. The first kappa shape index (κ1) is 15.6. The summed E-state index contributed by atoms with van der Waals surface area (Å²) in [7, 11) is 3.98. The lowest BCUT2D eigenvalue weighted by Gasteiger charge is -2.25. The van der Waals surface area contributed by atoms with E-state index in [1.165, 1.54) is 0 Å². The van der Waals surface area contributed by atoms with Crippen LogP contribution in [-0.4, -0.2) is 60.4 Å². The first-order valence-corrected chi connectivity index (χ1v) is 7.39. The molecule has 2 rings (SSSR count). The average molecular weight is 345 g/mol. The fourth-order valence-corrected chi connectivity index (χ4v) is 2.72. The summed E-state index contributed by atoms with van der Waals surface area (Å²) in [5.41, 5.74) is 5.94. The topological polar surface area (TPSA) is 73.4 Å². The highest BCUT2D eigenvalue weighted by Gasteiger charge is 2.46. The first-order chi connectivity index (χ1) is 9.36. The van der Waals surface area contributed by atoms with Crippen molar-refractivity contribution in [2.24, 2.45) is 11.1 Å². The van der Waals surface area contributed by atoms with Crippen LogP contribution in [0.25, 0.3) is 0 Å². The van der Waals surface area contributed by atoms with Gasteiger partial charge in [0, 0.05) is 12.6 Å². The lowest BCUT2D eigenvalue weighted by molar-refractivity contribution is 0.0754. The lowest BCUT2D eigenvalue weighted by Crippen LogP contribution is -2.45. The highest BCUT2D eigenvalue weighted by molar-refractivity contribution is 9.10. The number of halogens is 1. The monoisotopic (exact) mass is 344 g/mol. The van der Waals surface area contributed by atoms with Crippen LogP contribution in [0.5, 0.6) is 0 Å². The number of rotatable bonds is 5. The normalized spacial score (nSPS) is 26.4. The Morgan fingerprint density at radius 3 is 2.95 bits per heavy atom. The summed E-state index contributed by atoms with van der Waals surface area (Å²) < 4.78 is 7.82. The third-order valence-corrected chi connectivity index (χ3v) is 4.39. The number of nitrogens with two attached hydrogens (primary N) is 1. The van der Waals surface area contributed by atoms with E-state index in [0.717, 1.165) is 6.54 Å². The van der Waals surface area contributed by atoms with Gasteiger partial charge in [-0.05, 0) is 36.9 Å². The van der Waals surface area contributed by atoms with Crippen molar-refractivity contribution in [3.63, 3.8) is 0 Å². The number of aromatic nitrogens is 2. The number of hydrogen-bond acceptors (Lipinski definition) is 5. The zero-order chi connectivity index (χ0) is 14.9. The van der Waals surface area contributed by atoms with Gasteiger partial charge in [0.15, 0.2) is 5.78 Å². The Morgan fingerprint density at radius 2 is 2.40 bits per heavy atom. The van der Waals surface area contributed by atoms with Crippen molar-refractivity contribution in [2.75, 3.05) is 33.9 Å². The summed E-state index contributed by atoms with van der Waals surface area (Å²) >= 11 is 3.42. The number of Topliss-reactive ketones (excluding diaryl/α,β-unsaturated/α-hetero) is 1. The first-order valence-electron chi connectivity index (χ1n) is 6.60. The molecule has 20 heavy (non-hydrogen) atoms. The molecule has 2 N–H and O–H groups in total. The van der Waals surface area contributed by atoms with Crippen molar-refractivity contribution in [1.82, 2.24) is 14.7 Å². The van der Waals surface area contributed by atoms with Crippen molar-refractivity contribution in [3.8, 4) is 0 Å². The maximum Gasteiger partial charge on any atom is 0.191 e. The van der Waals surface area contributed by atoms with Crippen molar-refractivity contribution in [2.45, 2.75) is 19.5 Å². The van der Waals surface area contributed by atoms with Crippen LogP contribution >= 0.6 is 15.9 Å². The molecule has 0 aliphatic carbocycles. The zero-order valence-corrected chi connectivity index (χ0v) is 13.7. The molecule has 0 saturated carbocycles. The predicted molar refractivity (Wildman–Crippen MR) is 79.7 cm³/mol. The van der Waals surface area contributed by atoms with Crippen molar-refractivity contribution in [1.29, 1.82) is 0 Å². The van der Waals surface area contributed by atoms with E-state index in [4.69, 9.17) is 10.5 Å². The van der Waals surface area contributed by atoms with Crippen LogP contribution < -0.4 is 5.73 Å². The fourth-order valence-electron chi connectivity index (χ4n) is 2.25. The Kier molecular flexibility index (Phi) is 4.63. The summed E-state index contributed by atoms with van der Waals surface area (Å²) in [6.45, 7) is 4.12. The third-order valence-electron chi connectivity index (χ3n) is 3.81. The quantitative estimate of drug-likeness (QED) is 0.798. The van der Waals surface area contributed by atoms with Gasteiger partial charge in [0.2, 0.25) is 0 Å². The molecule has 7 heteroatoms. The SMILES string of the molecule is CN(C)CCn1ncc(Br)c1C(=O)C1(C)COCC1N. The molecule has 6 nitrogen and oxygen atoms in total. The number of hydrogen-bond donors (Lipinski definition) is 1. The standard InChI is InChI=1S/C13H21BrN4O2/c1-13(8-20-7-10(13)15)12(19)11-9(14)6-16-18(11)5-4-17(2)3/h6,10H,4-5,7-8,15H2,1-3H3. The van der Waals surface area contributed by atoms with Gasteiger partial charge < -0.3 is 15.4 Å². The van der Waals surface area contributed by atoms with Crippen molar-refractivity contribution in [3.05, 3.63) is 16.4 Å². The molecule has 1 fully saturated rings. The van der Waals surface area contributed by atoms with E-state index in [0.29, 0.717) is 29.9 Å². The number of carbonyl (C=O) groups excluding carboxylic acids is 1. The highest BCUT2D eigenvalue weighted by Crippen LogP contribution is 2.33. The van der Waals surface area contributed by atoms with E-state index in [2.05, 4.69) is 25.9 Å². The van der Waals surface area contributed by atoms with Crippen LogP contribution in [0, 0.1) is 5.41 Å². The van der Waals surface area contributed by atoms with Gasteiger partial charge in [-0.2, -0.15) is 5.10 Å². The summed E-state index contributed by atoms with van der Waals surface area (Å²) in [4.78, 5) is 14.9. The minimum Gasteiger partial charge on any atom is -0.379 e. The van der Waals surface area contributed by atoms with E-state index < -0.39 is 5.41 Å². The molecule has 112 valence electrons. The van der Waals surface area contributed by atoms with E-state index in [1.807, 2.05) is 21.0 Å². The van der Waals surface area contributed by atoms with Crippen LogP contribution in [-0.2, 0) is 11.3 Å². The smallest absolute Gasteiger partial charge is 0.191 e. The van der Waals surface area contributed by atoms with Crippen LogP contribution in [0.3, 0.4) is 0 Å². The molecule has 1 saturated heterocycles. The summed E-state index contributed by atoms with van der Waals surface area (Å²) in [5.74, 6) is -0.00867. The molecular formula is C13H21BrN4O2. The summed E-state index contributed by atoms with van der Waals surface area (Å²) in [6.07, 6.45) is 1.66. The lowest BCUT2D eigenvalue weighted by atomic mass is 9.80. The molecule has 0 radical (unpaired) electrons. The summed E-state index contributed by atoms with van der Waals surface area (Å²) in [5, 5.41) is 4.28. The molecule has 0 amide bonds. The maximum absolute atomic E-state index is 12.9. The molecule has 0 bridgehead atoms. The second-order valence-electron chi connectivity index (χ2n) is 5.74. The van der Waals surface area contributed by atoms with Crippen molar-refractivity contribution < 1.29 is 9.53 Å². The Balaban J connectivity index is 2.27. The van der Waals surface area contributed by atoms with E-state index in [1.54, 1.807) is 10.9 Å². The number of likely N-dealkylation sites (N-methyl/N-ethyl adjacent to an activating group) is 1. The molecule has 0 aromatic carbocycles. The van der Waals surface area contributed by atoms with Gasteiger partial charge >= 0.3 is 0 Å². The van der Waals surface area contributed by atoms with Gasteiger partial charge in [-0.1, -0.05) is 0 Å². The Labute approximate surface area is 127 Å². The van der Waals surface area contributed by atoms with Crippen LogP contribution in [0.1, 0.15) is 17.4 Å². The second kappa shape index (κ2) is 5.93. The van der Waals surface area contributed by atoms with E-state index in [-0.39, 0.29) is 11.8 Å². The van der Waals surface area contributed by atoms with Gasteiger partial charge in [0.05, 0.1) is 35.8 Å². The largest absolute Gasteiger partial charge is 0.379 e. The molecule has 0 spiro atoms. The fraction of sp³-hybridized carbons (Fsp3) is 0.692. The number of ether oxygens (including phenoxy) is 1. The van der Waals surface area contributed by atoms with Gasteiger partial charge in [-0.3, -0.25) is 9.48 Å². The van der Waals surface area contributed by atoms with E-state index >= 15 is 0 Å². The third kappa shape index (κ3) is 2.81. The highest BCUT2D eigenvalue weighted by atomic mass is 79.9. The predicted octanol–water partition coefficient (Wildman–Crippen LogP) is 0.754. The minimum atomic E-state index is -0.682. The Bertz CT molecular complexity index is 503. The van der Waals surface area contributed by atoms with Crippen LogP contribution in [0.4, 0.5) is 0 Å². The molecule has 2 atom stereocenters. The Hall–Kier alpha value is -0.760. The van der Waals surface area contributed by atoms with Gasteiger partial charge in [-0.25, -0.2) is 0 Å². The molecule has 1 aromatic rings. The van der Waals surface area contributed by atoms with Crippen LogP contribution in [0.15, 0.2) is 10.7 Å². The Morgan fingerprint density at radius 1 is 1.70 bits per heavy atom. The van der Waals surface area contributed by atoms with Gasteiger partial charge in [0.1, 0.15) is 5.69 Å². The molecule has 1 aromatic heterocycles. The molecule has 2 unspecified atom stereocenters. The number of carbonyl (C=O) groups is 1. The average Bonchev–Trinajstić information content (AvgIpc) is 2.91. The van der Waals surface area contributed by atoms with Gasteiger partial charge in [-0.15, -0.1) is 0 Å². The molecule has 1 aliphatic rings. The van der Waals surface area contributed by atoms with Crippen LogP contribution in [0.2, 0.25) is 0 Å². The maximum atomic E-state index is 12.9.